The predicted molar refractivity (Wildman–Crippen MR) is 59.8 cm³/mol. The molecule has 0 saturated heterocycles. The van der Waals surface area contributed by atoms with Crippen molar-refractivity contribution in [3.63, 3.8) is 0 Å². The fourth-order valence-corrected chi connectivity index (χ4v) is 1.79. The molecule has 0 aliphatic heterocycles. The molecular weight excluding hydrogens is 267 g/mol. The quantitative estimate of drug-likeness (QED) is 0.627. The van der Waals surface area contributed by atoms with Gasteiger partial charge in [0.1, 0.15) is 5.38 Å². The molecule has 1 rings (SSSR count). The van der Waals surface area contributed by atoms with E-state index in [1.807, 2.05) is 30.3 Å². The van der Waals surface area contributed by atoms with Crippen LogP contribution in [0.1, 0.15) is 10.4 Å². The average molecular weight is 278 g/mol. The van der Waals surface area contributed by atoms with Crippen molar-refractivity contribution in [3.05, 3.63) is 35.9 Å². The van der Waals surface area contributed by atoms with E-state index in [1.54, 1.807) is 0 Å². The largest absolute Gasteiger partial charge is 0.468 e. The van der Waals surface area contributed by atoms with Gasteiger partial charge in [-0.2, -0.15) is 0 Å². The maximum absolute atomic E-state index is 11.1. The van der Waals surface area contributed by atoms with Crippen molar-refractivity contribution in [3.8, 4) is 0 Å². The lowest BCUT2D eigenvalue weighted by molar-refractivity contribution is -0.140. The highest BCUT2D eigenvalue weighted by atomic mass is 79.9. The second kappa shape index (κ2) is 5.37. The van der Waals surface area contributed by atoms with Crippen LogP contribution in [-0.2, 0) is 9.53 Å². The summed E-state index contributed by atoms with van der Waals surface area (Å²) in [7, 11) is 1.32. The minimum atomic E-state index is -0.706. The molecule has 0 fully saturated rings. The predicted octanol–water partition coefficient (Wildman–Crippen LogP) is 2.90. The molecule has 0 aromatic heterocycles. The molecule has 0 aliphatic rings. The van der Waals surface area contributed by atoms with Crippen LogP contribution in [0.4, 0.5) is 0 Å². The minimum absolute atomic E-state index is 0.224. The minimum Gasteiger partial charge on any atom is -0.468 e. The van der Waals surface area contributed by atoms with Gasteiger partial charge in [0.25, 0.3) is 0 Å². The summed E-state index contributed by atoms with van der Waals surface area (Å²) < 4.78 is 4.55. The summed E-state index contributed by atoms with van der Waals surface area (Å²) in [4.78, 5) is 10.9. The van der Waals surface area contributed by atoms with Crippen molar-refractivity contribution >= 4 is 33.5 Å². The molecule has 0 saturated carbocycles. The van der Waals surface area contributed by atoms with Crippen LogP contribution in [0.15, 0.2) is 30.3 Å². The number of alkyl halides is 2. The van der Waals surface area contributed by atoms with Crippen LogP contribution in [0.2, 0.25) is 0 Å². The molecule has 0 amide bonds. The van der Waals surface area contributed by atoms with Gasteiger partial charge in [-0.25, -0.2) is 0 Å². The molecule has 0 unspecified atom stereocenters. The first-order valence-corrected chi connectivity index (χ1v) is 5.43. The smallest absolute Gasteiger partial charge is 0.325 e. The Morgan fingerprint density at radius 3 is 2.50 bits per heavy atom. The van der Waals surface area contributed by atoms with E-state index in [-0.39, 0.29) is 4.83 Å². The van der Waals surface area contributed by atoms with Crippen molar-refractivity contribution in [2.45, 2.75) is 10.2 Å². The number of ether oxygens (including phenoxy) is 1. The van der Waals surface area contributed by atoms with Gasteiger partial charge in [-0.15, -0.1) is 11.6 Å². The summed E-state index contributed by atoms with van der Waals surface area (Å²) in [5.74, 6) is -0.433. The fourth-order valence-electron chi connectivity index (χ4n) is 1.04. The topological polar surface area (TPSA) is 26.3 Å². The number of rotatable bonds is 3. The Labute approximate surface area is 96.3 Å². The molecule has 2 atom stereocenters. The van der Waals surface area contributed by atoms with Crippen molar-refractivity contribution in [2.24, 2.45) is 0 Å². The second-order valence-corrected chi connectivity index (χ2v) is 4.19. The zero-order valence-electron chi connectivity index (χ0n) is 7.61. The number of carbonyl (C=O) groups excluding carboxylic acids is 1. The molecule has 0 heterocycles. The lowest BCUT2D eigenvalue weighted by Gasteiger charge is -2.14. The zero-order chi connectivity index (χ0) is 10.6. The molecule has 0 aliphatic carbocycles. The summed E-state index contributed by atoms with van der Waals surface area (Å²) in [6.07, 6.45) is 0. The fraction of sp³-hybridized carbons (Fsp3) is 0.300. The van der Waals surface area contributed by atoms with E-state index < -0.39 is 11.3 Å². The highest BCUT2D eigenvalue weighted by molar-refractivity contribution is 9.09. The summed E-state index contributed by atoms with van der Waals surface area (Å²) in [5.41, 5.74) is 0.956. The number of halogens is 2. The maximum atomic E-state index is 11.1. The van der Waals surface area contributed by atoms with Gasteiger partial charge in [-0.1, -0.05) is 46.3 Å². The Balaban J connectivity index is 2.75. The first kappa shape index (κ1) is 11.5. The van der Waals surface area contributed by atoms with E-state index >= 15 is 0 Å². The third-order valence-corrected chi connectivity index (χ3v) is 3.59. The summed E-state index contributed by atoms with van der Waals surface area (Å²) in [6.45, 7) is 0. The standard InChI is InChI=1S/C10H10BrClO2/c1-14-10(13)9(12)8(11)7-5-3-2-4-6-7/h2-6,8-9H,1H3/t8-,9-/m0/s1. The lowest BCUT2D eigenvalue weighted by atomic mass is 10.1. The van der Waals surface area contributed by atoms with Crippen molar-refractivity contribution in [1.29, 1.82) is 0 Å². The molecule has 0 bridgehead atoms. The van der Waals surface area contributed by atoms with Gasteiger partial charge in [0, 0.05) is 0 Å². The number of esters is 1. The molecule has 0 radical (unpaired) electrons. The molecule has 1 aromatic carbocycles. The highest BCUT2D eigenvalue weighted by Gasteiger charge is 2.25. The van der Waals surface area contributed by atoms with E-state index in [1.165, 1.54) is 7.11 Å². The Bertz CT molecular complexity index is 302. The van der Waals surface area contributed by atoms with Gasteiger partial charge >= 0.3 is 5.97 Å². The van der Waals surface area contributed by atoms with Crippen LogP contribution in [0.3, 0.4) is 0 Å². The Hall–Kier alpha value is -0.540. The maximum Gasteiger partial charge on any atom is 0.325 e. The molecule has 0 spiro atoms. The zero-order valence-corrected chi connectivity index (χ0v) is 9.96. The molecular formula is C10H10BrClO2. The van der Waals surface area contributed by atoms with Crippen LogP contribution < -0.4 is 0 Å². The molecule has 1 aromatic rings. The molecule has 14 heavy (non-hydrogen) atoms. The first-order valence-electron chi connectivity index (χ1n) is 4.07. The Morgan fingerprint density at radius 1 is 1.43 bits per heavy atom. The number of carbonyl (C=O) groups is 1. The lowest BCUT2D eigenvalue weighted by Crippen LogP contribution is -2.20. The van der Waals surface area contributed by atoms with E-state index in [9.17, 15) is 4.79 Å². The van der Waals surface area contributed by atoms with Crippen molar-refractivity contribution in [2.75, 3.05) is 7.11 Å². The second-order valence-electron chi connectivity index (χ2n) is 2.74. The van der Waals surface area contributed by atoms with E-state index in [0.717, 1.165) is 5.56 Å². The van der Waals surface area contributed by atoms with E-state index in [2.05, 4.69) is 20.7 Å². The summed E-state index contributed by atoms with van der Waals surface area (Å²) in [6, 6.07) is 9.50. The summed E-state index contributed by atoms with van der Waals surface area (Å²) >= 11 is 9.25. The third kappa shape index (κ3) is 2.72. The average Bonchev–Trinajstić information content (AvgIpc) is 2.27. The van der Waals surface area contributed by atoms with Crippen LogP contribution in [0, 0.1) is 0 Å². The van der Waals surface area contributed by atoms with Crippen LogP contribution in [-0.4, -0.2) is 18.5 Å². The molecule has 76 valence electrons. The van der Waals surface area contributed by atoms with E-state index in [4.69, 9.17) is 11.6 Å². The van der Waals surface area contributed by atoms with Gasteiger partial charge in [-0.3, -0.25) is 4.79 Å². The number of benzene rings is 1. The molecule has 4 heteroatoms. The van der Waals surface area contributed by atoms with Crippen LogP contribution in [0.25, 0.3) is 0 Å². The molecule has 2 nitrogen and oxygen atoms in total. The van der Waals surface area contributed by atoms with Crippen molar-refractivity contribution in [1.82, 2.24) is 0 Å². The number of hydrogen-bond donors (Lipinski definition) is 0. The monoisotopic (exact) mass is 276 g/mol. The van der Waals surface area contributed by atoms with Crippen molar-refractivity contribution < 1.29 is 9.53 Å². The number of methoxy groups -OCH3 is 1. The van der Waals surface area contributed by atoms with Crippen LogP contribution in [0.5, 0.6) is 0 Å². The normalized spacial score (nSPS) is 14.5. The Kier molecular flexibility index (Phi) is 4.42. The number of hydrogen-bond acceptors (Lipinski definition) is 2. The van der Waals surface area contributed by atoms with Gasteiger partial charge in [0.2, 0.25) is 0 Å². The van der Waals surface area contributed by atoms with Gasteiger partial charge in [0.05, 0.1) is 11.9 Å². The van der Waals surface area contributed by atoms with E-state index in [0.29, 0.717) is 0 Å². The first-order chi connectivity index (χ1) is 6.66. The molecule has 0 N–H and O–H groups in total. The Morgan fingerprint density at radius 2 is 2.00 bits per heavy atom. The van der Waals surface area contributed by atoms with Gasteiger partial charge in [-0.05, 0) is 5.56 Å². The van der Waals surface area contributed by atoms with Crippen LogP contribution >= 0.6 is 27.5 Å². The highest BCUT2D eigenvalue weighted by Crippen LogP contribution is 2.30. The van der Waals surface area contributed by atoms with Gasteiger partial charge < -0.3 is 4.74 Å². The summed E-state index contributed by atoms with van der Waals surface area (Å²) in [5, 5.41) is -0.706. The van der Waals surface area contributed by atoms with Gasteiger partial charge in [0.15, 0.2) is 0 Å². The third-order valence-electron chi connectivity index (χ3n) is 1.80. The SMILES string of the molecule is COC(=O)[C@@H](Cl)[C@@H](Br)c1ccccc1.